The van der Waals surface area contributed by atoms with Crippen LogP contribution in [0.4, 0.5) is 11.4 Å². The van der Waals surface area contributed by atoms with Crippen LogP contribution < -0.4 is 14.4 Å². The molecule has 4 rings (SSSR count). The van der Waals surface area contributed by atoms with Crippen LogP contribution in [-0.2, 0) is 14.8 Å². The summed E-state index contributed by atoms with van der Waals surface area (Å²) in [6, 6.07) is 16.9. The molecule has 1 heterocycles. The van der Waals surface area contributed by atoms with E-state index in [0.29, 0.717) is 16.4 Å². The lowest BCUT2D eigenvalue weighted by molar-refractivity contribution is -0.122. The first kappa shape index (κ1) is 22.2. The van der Waals surface area contributed by atoms with Gasteiger partial charge < -0.3 is 10.1 Å². The second-order valence-electron chi connectivity index (χ2n) is 7.80. The SMILES string of the molecule is Cc1ccc(S(=O)(=O)N2C[C@@H](C(=O)Nc3cccc(C)c3C)Oc3ccc(Cl)cc32)cc1. The van der Waals surface area contributed by atoms with Crippen LogP contribution in [0.5, 0.6) is 5.75 Å². The smallest absolute Gasteiger partial charge is 0.267 e. The van der Waals surface area contributed by atoms with Crippen LogP contribution in [0.25, 0.3) is 0 Å². The number of halogens is 1. The Kier molecular flexibility index (Phi) is 5.88. The van der Waals surface area contributed by atoms with E-state index in [1.165, 1.54) is 10.4 Å². The van der Waals surface area contributed by atoms with Gasteiger partial charge in [-0.05, 0) is 68.3 Å². The van der Waals surface area contributed by atoms with E-state index in [0.717, 1.165) is 16.7 Å². The topological polar surface area (TPSA) is 75.7 Å². The molecule has 0 aromatic heterocycles. The number of amides is 1. The Morgan fingerprint density at radius 2 is 1.78 bits per heavy atom. The molecule has 0 bridgehead atoms. The van der Waals surface area contributed by atoms with Crippen LogP contribution in [-0.4, -0.2) is 27.0 Å². The van der Waals surface area contributed by atoms with Crippen LogP contribution in [0, 0.1) is 20.8 Å². The lowest BCUT2D eigenvalue weighted by Gasteiger charge is -2.35. The molecule has 0 aliphatic carbocycles. The fourth-order valence-electron chi connectivity index (χ4n) is 3.53. The summed E-state index contributed by atoms with van der Waals surface area (Å²) in [5, 5.41) is 3.24. The molecule has 0 saturated heterocycles. The molecule has 3 aromatic rings. The highest BCUT2D eigenvalue weighted by Crippen LogP contribution is 2.39. The zero-order valence-electron chi connectivity index (χ0n) is 17.9. The number of hydrogen-bond donors (Lipinski definition) is 1. The minimum atomic E-state index is -3.95. The maximum Gasteiger partial charge on any atom is 0.267 e. The summed E-state index contributed by atoms with van der Waals surface area (Å²) < 4.78 is 34.1. The molecule has 1 aliphatic heterocycles. The van der Waals surface area contributed by atoms with Crippen molar-refractivity contribution in [3.63, 3.8) is 0 Å². The highest BCUT2D eigenvalue weighted by molar-refractivity contribution is 7.92. The van der Waals surface area contributed by atoms with E-state index in [1.807, 2.05) is 32.9 Å². The zero-order chi connectivity index (χ0) is 23.0. The number of ether oxygens (including phenoxy) is 1. The van der Waals surface area contributed by atoms with Crippen LogP contribution in [0.3, 0.4) is 0 Å². The molecule has 3 aromatic carbocycles. The van der Waals surface area contributed by atoms with Gasteiger partial charge in [-0.2, -0.15) is 0 Å². The van der Waals surface area contributed by atoms with Crippen molar-refractivity contribution < 1.29 is 17.9 Å². The summed E-state index contributed by atoms with van der Waals surface area (Å²) in [4.78, 5) is 13.2. The van der Waals surface area contributed by atoms with Gasteiger partial charge in [-0.1, -0.05) is 41.4 Å². The summed E-state index contributed by atoms with van der Waals surface area (Å²) in [6.07, 6.45) is -1.04. The summed E-state index contributed by atoms with van der Waals surface area (Å²) in [6.45, 7) is 5.57. The van der Waals surface area contributed by atoms with Gasteiger partial charge in [0.25, 0.3) is 15.9 Å². The Bertz CT molecular complexity index is 1290. The van der Waals surface area contributed by atoms with Crippen LogP contribution in [0.1, 0.15) is 16.7 Å². The van der Waals surface area contributed by atoms with Crippen molar-refractivity contribution in [3.8, 4) is 5.75 Å². The fourth-order valence-corrected chi connectivity index (χ4v) is 5.16. The number of carbonyl (C=O) groups is 1. The van der Waals surface area contributed by atoms with Crippen molar-refractivity contribution >= 4 is 38.9 Å². The van der Waals surface area contributed by atoms with Crippen molar-refractivity contribution in [1.29, 1.82) is 0 Å². The lowest BCUT2D eigenvalue weighted by atomic mass is 10.1. The van der Waals surface area contributed by atoms with E-state index in [2.05, 4.69) is 5.32 Å². The second kappa shape index (κ2) is 8.48. The highest BCUT2D eigenvalue weighted by atomic mass is 35.5. The van der Waals surface area contributed by atoms with Crippen molar-refractivity contribution in [2.75, 3.05) is 16.2 Å². The first-order valence-corrected chi connectivity index (χ1v) is 11.9. The largest absolute Gasteiger partial charge is 0.476 e. The fraction of sp³-hybridized carbons (Fsp3) is 0.208. The number of anilines is 2. The lowest BCUT2D eigenvalue weighted by Crippen LogP contribution is -2.48. The van der Waals surface area contributed by atoms with Gasteiger partial charge in [0.2, 0.25) is 0 Å². The summed E-state index contributed by atoms with van der Waals surface area (Å²) in [5.41, 5.74) is 3.88. The number of carbonyl (C=O) groups excluding carboxylic acids is 1. The summed E-state index contributed by atoms with van der Waals surface area (Å²) >= 11 is 6.14. The molecule has 32 heavy (non-hydrogen) atoms. The molecular weight excluding hydrogens is 448 g/mol. The quantitative estimate of drug-likeness (QED) is 0.590. The average molecular weight is 471 g/mol. The number of aryl methyl sites for hydroxylation is 2. The average Bonchev–Trinajstić information content (AvgIpc) is 2.76. The van der Waals surface area contributed by atoms with Crippen LogP contribution >= 0.6 is 11.6 Å². The standard InChI is InChI=1S/C24H23ClN2O4S/c1-15-7-10-19(11-8-15)32(29,30)27-14-23(31-22-12-9-18(25)13-21(22)27)24(28)26-20-6-4-5-16(2)17(20)3/h4-13,23H,14H2,1-3H3,(H,26,28)/t23-/m0/s1. The van der Waals surface area contributed by atoms with E-state index >= 15 is 0 Å². The van der Waals surface area contributed by atoms with E-state index in [-0.39, 0.29) is 17.2 Å². The molecule has 166 valence electrons. The first-order chi connectivity index (χ1) is 15.2. The van der Waals surface area contributed by atoms with Crippen LogP contribution in [0.15, 0.2) is 65.6 Å². The molecule has 8 heteroatoms. The number of nitrogens with one attached hydrogen (secondary N) is 1. The summed E-state index contributed by atoms with van der Waals surface area (Å²) in [5.74, 6) is -0.152. The first-order valence-electron chi connectivity index (χ1n) is 10.1. The number of nitrogens with zero attached hydrogens (tertiary/aromatic N) is 1. The zero-order valence-corrected chi connectivity index (χ0v) is 19.5. The Balaban J connectivity index is 1.70. The van der Waals surface area contributed by atoms with Gasteiger partial charge in [0.1, 0.15) is 5.75 Å². The third-order valence-corrected chi connectivity index (χ3v) is 7.58. The molecule has 6 nitrogen and oxygen atoms in total. The molecular formula is C24H23ClN2O4S. The number of rotatable bonds is 4. The predicted molar refractivity (Wildman–Crippen MR) is 126 cm³/mol. The normalized spacial score (nSPS) is 15.6. The monoisotopic (exact) mass is 470 g/mol. The summed E-state index contributed by atoms with van der Waals surface area (Å²) in [7, 11) is -3.95. The number of benzene rings is 3. The molecule has 0 unspecified atom stereocenters. The van der Waals surface area contributed by atoms with Gasteiger partial charge in [-0.15, -0.1) is 0 Å². The molecule has 1 aliphatic rings. The van der Waals surface area contributed by atoms with Gasteiger partial charge in [0, 0.05) is 10.7 Å². The molecule has 1 N–H and O–H groups in total. The second-order valence-corrected chi connectivity index (χ2v) is 10.1. The van der Waals surface area contributed by atoms with E-state index in [9.17, 15) is 13.2 Å². The number of fused-ring (bicyclic) bond motifs is 1. The van der Waals surface area contributed by atoms with Gasteiger partial charge in [0.05, 0.1) is 17.1 Å². The highest BCUT2D eigenvalue weighted by Gasteiger charge is 2.38. The van der Waals surface area contributed by atoms with E-state index in [4.69, 9.17) is 16.3 Å². The van der Waals surface area contributed by atoms with Crippen LogP contribution in [0.2, 0.25) is 5.02 Å². The van der Waals surface area contributed by atoms with Gasteiger partial charge >= 0.3 is 0 Å². The third-order valence-electron chi connectivity index (χ3n) is 5.55. The van der Waals surface area contributed by atoms with E-state index < -0.39 is 22.0 Å². The molecule has 0 spiro atoms. The minimum absolute atomic E-state index is 0.129. The maximum absolute atomic E-state index is 13.5. The van der Waals surface area contributed by atoms with Crippen molar-refractivity contribution in [3.05, 3.63) is 82.4 Å². The Morgan fingerprint density at radius 1 is 1.06 bits per heavy atom. The molecule has 1 amide bonds. The third kappa shape index (κ3) is 4.18. The molecule has 0 saturated carbocycles. The molecule has 0 fully saturated rings. The Labute approximate surface area is 192 Å². The maximum atomic E-state index is 13.5. The van der Waals surface area contributed by atoms with E-state index in [1.54, 1.807) is 42.5 Å². The molecule has 0 radical (unpaired) electrons. The molecule has 1 atom stereocenters. The Hall–Kier alpha value is -3.03. The Morgan fingerprint density at radius 3 is 2.50 bits per heavy atom. The van der Waals surface area contributed by atoms with Crippen molar-refractivity contribution in [1.82, 2.24) is 0 Å². The number of sulfonamides is 1. The van der Waals surface area contributed by atoms with Crippen molar-refractivity contribution in [2.45, 2.75) is 31.8 Å². The van der Waals surface area contributed by atoms with Gasteiger partial charge in [-0.3, -0.25) is 9.10 Å². The van der Waals surface area contributed by atoms with Gasteiger partial charge in [0.15, 0.2) is 6.10 Å². The minimum Gasteiger partial charge on any atom is -0.476 e. The predicted octanol–water partition coefficient (Wildman–Crippen LogP) is 4.86. The number of hydrogen-bond acceptors (Lipinski definition) is 4. The van der Waals surface area contributed by atoms with Crippen molar-refractivity contribution in [2.24, 2.45) is 0 Å². The van der Waals surface area contributed by atoms with Gasteiger partial charge in [-0.25, -0.2) is 8.42 Å².